The number of rotatable bonds is 3. The average molecular weight is 395 g/mol. The van der Waals surface area contributed by atoms with Crippen LogP contribution in [0, 0.1) is 0 Å². The average Bonchev–Trinajstić information content (AvgIpc) is 3.25. The number of aromatic amines is 1. The first-order valence-electron chi connectivity index (χ1n) is 9.56. The van der Waals surface area contributed by atoms with E-state index in [4.69, 9.17) is 4.98 Å². The first-order chi connectivity index (χ1) is 13.7. The standard InChI is InChI=1S/C19H21N7OS/c1-2-13-12-16(27)26-18(20-13)28-19(23-26)25-9-5-8-24(10-11-25)17-21-14-6-3-4-7-15(14)22-17/h3-4,6-7,12H,2,5,8-11H2,1H3,(H,21,22). The number of aromatic nitrogens is 5. The quantitative estimate of drug-likeness (QED) is 0.573. The van der Waals surface area contributed by atoms with Gasteiger partial charge in [-0.1, -0.05) is 30.4 Å². The fraction of sp³-hybridized carbons (Fsp3) is 0.368. The number of H-pyrrole nitrogens is 1. The summed E-state index contributed by atoms with van der Waals surface area (Å²) in [4.78, 5) is 30.2. The molecule has 0 bridgehead atoms. The van der Waals surface area contributed by atoms with E-state index in [2.05, 4.69) is 24.9 Å². The van der Waals surface area contributed by atoms with E-state index in [1.807, 2.05) is 31.2 Å². The topological polar surface area (TPSA) is 82.4 Å². The summed E-state index contributed by atoms with van der Waals surface area (Å²) in [6.45, 7) is 5.50. The second kappa shape index (κ2) is 6.90. The summed E-state index contributed by atoms with van der Waals surface area (Å²) in [5, 5.41) is 5.38. The number of hydrogen-bond acceptors (Lipinski definition) is 7. The lowest BCUT2D eigenvalue weighted by molar-refractivity contribution is 0.782. The van der Waals surface area contributed by atoms with Crippen LogP contribution in [0.1, 0.15) is 19.0 Å². The van der Waals surface area contributed by atoms with Gasteiger partial charge < -0.3 is 14.8 Å². The number of hydrogen-bond donors (Lipinski definition) is 1. The molecule has 1 aromatic carbocycles. The molecule has 28 heavy (non-hydrogen) atoms. The van der Waals surface area contributed by atoms with Crippen LogP contribution in [-0.4, -0.2) is 50.7 Å². The molecule has 4 heterocycles. The van der Waals surface area contributed by atoms with Crippen LogP contribution in [0.5, 0.6) is 0 Å². The van der Waals surface area contributed by atoms with Gasteiger partial charge in [-0.3, -0.25) is 4.79 Å². The van der Waals surface area contributed by atoms with Crippen LogP contribution in [0.4, 0.5) is 11.1 Å². The van der Waals surface area contributed by atoms with Crippen molar-refractivity contribution in [2.75, 3.05) is 36.0 Å². The lowest BCUT2D eigenvalue weighted by Gasteiger charge is -2.20. The number of benzene rings is 1. The highest BCUT2D eigenvalue weighted by molar-refractivity contribution is 7.20. The number of aryl methyl sites for hydroxylation is 1. The lowest BCUT2D eigenvalue weighted by atomic mass is 10.3. The molecule has 0 radical (unpaired) electrons. The zero-order valence-corrected chi connectivity index (χ0v) is 16.4. The van der Waals surface area contributed by atoms with Gasteiger partial charge in [-0.05, 0) is 25.0 Å². The van der Waals surface area contributed by atoms with Crippen LogP contribution in [0.3, 0.4) is 0 Å². The van der Waals surface area contributed by atoms with E-state index in [9.17, 15) is 4.79 Å². The first kappa shape index (κ1) is 17.2. The molecule has 0 spiro atoms. The normalized spacial score (nSPS) is 15.5. The van der Waals surface area contributed by atoms with Crippen molar-refractivity contribution in [1.82, 2.24) is 24.6 Å². The summed E-state index contributed by atoms with van der Waals surface area (Å²) < 4.78 is 1.42. The number of para-hydroxylation sites is 2. The molecular formula is C19H21N7OS. The molecule has 0 amide bonds. The Kier molecular flexibility index (Phi) is 4.23. The monoisotopic (exact) mass is 395 g/mol. The summed E-state index contributed by atoms with van der Waals surface area (Å²) in [5.41, 5.74) is 2.75. The van der Waals surface area contributed by atoms with E-state index in [0.29, 0.717) is 4.96 Å². The molecule has 1 N–H and O–H groups in total. The van der Waals surface area contributed by atoms with E-state index in [1.165, 1.54) is 15.9 Å². The second-order valence-corrected chi connectivity index (χ2v) is 7.86. The summed E-state index contributed by atoms with van der Waals surface area (Å²) in [6, 6.07) is 9.66. The van der Waals surface area contributed by atoms with Gasteiger partial charge in [-0.2, -0.15) is 4.52 Å². The summed E-state index contributed by atoms with van der Waals surface area (Å²) in [5.74, 6) is 0.915. The zero-order chi connectivity index (χ0) is 19.1. The van der Waals surface area contributed by atoms with Crippen LogP contribution in [0.2, 0.25) is 0 Å². The maximum Gasteiger partial charge on any atom is 0.275 e. The Labute approximate surface area is 165 Å². The predicted molar refractivity (Wildman–Crippen MR) is 112 cm³/mol. The number of imidazole rings is 1. The molecule has 1 saturated heterocycles. The van der Waals surface area contributed by atoms with Crippen molar-refractivity contribution < 1.29 is 0 Å². The zero-order valence-electron chi connectivity index (χ0n) is 15.6. The Hall–Kier alpha value is -2.94. The molecule has 9 heteroatoms. The molecule has 0 aliphatic carbocycles. The molecule has 1 aliphatic heterocycles. The van der Waals surface area contributed by atoms with E-state index >= 15 is 0 Å². The van der Waals surface area contributed by atoms with Crippen molar-refractivity contribution in [2.45, 2.75) is 19.8 Å². The third-order valence-corrected chi connectivity index (χ3v) is 6.06. The number of nitrogens with one attached hydrogen (secondary N) is 1. The van der Waals surface area contributed by atoms with E-state index in [1.54, 1.807) is 6.07 Å². The van der Waals surface area contributed by atoms with Crippen molar-refractivity contribution in [2.24, 2.45) is 0 Å². The maximum absolute atomic E-state index is 12.3. The smallest absolute Gasteiger partial charge is 0.275 e. The fourth-order valence-corrected chi connectivity index (χ4v) is 4.54. The van der Waals surface area contributed by atoms with E-state index < -0.39 is 0 Å². The van der Waals surface area contributed by atoms with Crippen molar-refractivity contribution in [3.8, 4) is 0 Å². The van der Waals surface area contributed by atoms with Crippen molar-refractivity contribution in [3.63, 3.8) is 0 Å². The fourth-order valence-electron chi connectivity index (χ4n) is 3.56. The predicted octanol–water partition coefficient (Wildman–Crippen LogP) is 2.31. The minimum atomic E-state index is -0.108. The Morgan fingerprint density at radius 2 is 1.93 bits per heavy atom. The van der Waals surface area contributed by atoms with Gasteiger partial charge in [0.1, 0.15) is 0 Å². The Morgan fingerprint density at radius 1 is 1.11 bits per heavy atom. The molecule has 0 saturated carbocycles. The molecule has 8 nitrogen and oxygen atoms in total. The van der Waals surface area contributed by atoms with Gasteiger partial charge in [0.2, 0.25) is 16.0 Å². The van der Waals surface area contributed by atoms with Gasteiger partial charge >= 0.3 is 0 Å². The first-order valence-corrected chi connectivity index (χ1v) is 10.4. The lowest BCUT2D eigenvalue weighted by Crippen LogP contribution is -2.31. The van der Waals surface area contributed by atoms with E-state index in [0.717, 1.165) is 66.8 Å². The van der Waals surface area contributed by atoms with Gasteiger partial charge in [-0.15, -0.1) is 5.10 Å². The molecule has 0 atom stereocenters. The minimum absolute atomic E-state index is 0.108. The molecule has 0 unspecified atom stereocenters. The SMILES string of the molecule is CCc1cc(=O)n2nc(N3CCCN(c4nc5ccccc5[nH]4)CC3)sc2n1. The van der Waals surface area contributed by atoms with Crippen LogP contribution in [0.25, 0.3) is 16.0 Å². The van der Waals surface area contributed by atoms with Gasteiger partial charge in [-0.25, -0.2) is 9.97 Å². The molecule has 5 rings (SSSR count). The Morgan fingerprint density at radius 3 is 2.79 bits per heavy atom. The van der Waals surface area contributed by atoms with Gasteiger partial charge in [0, 0.05) is 37.9 Å². The van der Waals surface area contributed by atoms with Gasteiger partial charge in [0.05, 0.1) is 11.0 Å². The summed E-state index contributed by atoms with van der Waals surface area (Å²) in [7, 11) is 0. The molecule has 3 aromatic heterocycles. The largest absolute Gasteiger partial charge is 0.345 e. The summed E-state index contributed by atoms with van der Waals surface area (Å²) in [6.07, 6.45) is 1.74. The van der Waals surface area contributed by atoms with Crippen molar-refractivity contribution >= 4 is 38.4 Å². The number of fused-ring (bicyclic) bond motifs is 2. The van der Waals surface area contributed by atoms with Gasteiger partial charge in [0.15, 0.2) is 0 Å². The molecule has 1 aliphatic rings. The highest BCUT2D eigenvalue weighted by atomic mass is 32.1. The van der Waals surface area contributed by atoms with Crippen molar-refractivity contribution in [1.29, 1.82) is 0 Å². The molecule has 144 valence electrons. The van der Waals surface area contributed by atoms with Crippen LogP contribution >= 0.6 is 11.3 Å². The Balaban J connectivity index is 1.39. The molecular weight excluding hydrogens is 374 g/mol. The molecule has 4 aromatic rings. The third-order valence-electron chi connectivity index (χ3n) is 5.09. The van der Waals surface area contributed by atoms with Gasteiger partial charge in [0.25, 0.3) is 5.56 Å². The summed E-state index contributed by atoms with van der Waals surface area (Å²) >= 11 is 1.48. The van der Waals surface area contributed by atoms with Crippen molar-refractivity contribution in [3.05, 3.63) is 46.4 Å². The second-order valence-electron chi connectivity index (χ2n) is 6.92. The number of anilines is 2. The Bertz CT molecular complexity index is 1160. The minimum Gasteiger partial charge on any atom is -0.345 e. The van der Waals surface area contributed by atoms with Crippen LogP contribution < -0.4 is 15.4 Å². The maximum atomic E-state index is 12.3. The van der Waals surface area contributed by atoms with Crippen LogP contribution in [-0.2, 0) is 6.42 Å². The van der Waals surface area contributed by atoms with E-state index in [-0.39, 0.29) is 5.56 Å². The van der Waals surface area contributed by atoms with Crippen LogP contribution in [0.15, 0.2) is 35.1 Å². The number of nitrogens with zero attached hydrogens (tertiary/aromatic N) is 6. The third kappa shape index (κ3) is 3.01. The highest BCUT2D eigenvalue weighted by Gasteiger charge is 2.21. The highest BCUT2D eigenvalue weighted by Crippen LogP contribution is 2.24. The molecule has 1 fully saturated rings.